The van der Waals surface area contributed by atoms with E-state index in [9.17, 15) is 52.1 Å². The fraction of sp³-hybridized carbons (Fsp3) is 0.194. The van der Waals surface area contributed by atoms with Crippen molar-refractivity contribution in [2.75, 3.05) is 0 Å². The minimum Gasteiger partial charge on any atom is -0.358 e. The number of alkyl halides is 3. The Morgan fingerprint density at radius 3 is 0.839 bits per heavy atom. The normalized spacial score (nSPS) is 14.2. The van der Waals surface area contributed by atoms with Crippen LogP contribution in [0.5, 0.6) is 0 Å². The maximum atomic E-state index is 11.5. The van der Waals surface area contributed by atoms with Gasteiger partial charge in [-0.1, -0.05) is 71.0 Å². The molecule has 0 N–H and O–H groups in total. The molecule has 1 aliphatic rings. The van der Waals surface area contributed by atoms with E-state index in [1.165, 1.54) is 66.0 Å². The molecule has 1 saturated carbocycles. The molecule has 3 aromatic rings. The summed E-state index contributed by atoms with van der Waals surface area (Å²) in [5, 5.41) is 0.772. The van der Waals surface area contributed by atoms with Crippen LogP contribution in [0.4, 0.5) is 13.2 Å². The Bertz CT molecular complexity index is 1920. The number of rotatable bonds is 6. The third kappa shape index (κ3) is 19.7. The number of halogens is 3. The molecule has 0 atom stereocenters. The second-order valence-electron chi connectivity index (χ2n) is 10.2. The molecule has 0 aromatic heterocycles. The predicted octanol–water partition coefficient (Wildman–Crippen LogP) is -5.40. The molecule has 4 rings (SSSR count). The van der Waals surface area contributed by atoms with Crippen LogP contribution in [0, 0.1) is 43.7 Å². The summed E-state index contributed by atoms with van der Waals surface area (Å²) in [6, 6.07) is 14.8. The fourth-order valence-corrected chi connectivity index (χ4v) is 8.40. The molecule has 0 bridgehead atoms. The Morgan fingerprint density at radius 2 is 0.696 bits per heavy atom. The Hall–Kier alpha value is 0.909. The van der Waals surface area contributed by atoms with Crippen LogP contribution in [0.25, 0.3) is 0 Å². The molecule has 0 amide bonds. The van der Waals surface area contributed by atoms with Crippen LogP contribution in [-0.4, -0.2) is 57.4 Å². The van der Waals surface area contributed by atoms with Crippen LogP contribution in [0.15, 0.2) is 87.5 Å². The van der Waals surface area contributed by atoms with E-state index >= 15 is 0 Å². The van der Waals surface area contributed by atoms with Gasteiger partial charge in [0.1, 0.15) is 30.4 Å². The number of hydrogen-bond donors (Lipinski definition) is 0. The third-order valence-electron chi connectivity index (χ3n) is 7.19. The average Bonchev–Trinajstić information content (AvgIpc) is 3.18. The van der Waals surface area contributed by atoms with E-state index in [1.807, 2.05) is 0 Å². The fourth-order valence-electron chi connectivity index (χ4n) is 4.19. The zero-order chi connectivity index (χ0) is 39.9. The second kappa shape index (κ2) is 27.1. The maximum Gasteiger partial charge on any atom is 3.00 e. The molecule has 25 heteroatoms. The molecular formula is C31H30F3IrNa3O13PS4+. The van der Waals surface area contributed by atoms with E-state index in [0.717, 1.165) is 36.4 Å². The summed E-state index contributed by atoms with van der Waals surface area (Å²) in [7, 11) is -22.4. The second-order valence-corrected chi connectivity index (χ2v) is 17.9. The van der Waals surface area contributed by atoms with E-state index in [0.29, 0.717) is 0 Å². The van der Waals surface area contributed by atoms with Gasteiger partial charge in [0.15, 0.2) is 10.1 Å². The first-order chi connectivity index (χ1) is 23.1. The minimum atomic E-state index is -6.09. The van der Waals surface area contributed by atoms with Crippen LogP contribution in [-0.2, 0) is 65.2 Å². The Morgan fingerprint density at radius 1 is 0.518 bits per heavy atom. The number of hydrogen-bond acceptors (Lipinski definition) is 12. The summed E-state index contributed by atoms with van der Waals surface area (Å²) < 4.78 is 170. The maximum absolute atomic E-state index is 11.5. The van der Waals surface area contributed by atoms with E-state index in [2.05, 4.69) is 41.3 Å². The molecule has 56 heavy (non-hydrogen) atoms. The van der Waals surface area contributed by atoms with Crippen molar-refractivity contribution in [1.82, 2.24) is 0 Å². The molecule has 5 radical (unpaired) electrons. The van der Waals surface area contributed by atoms with Crippen molar-refractivity contribution in [3.05, 3.63) is 116 Å². The Balaban J connectivity index is -0.000000289. The van der Waals surface area contributed by atoms with Crippen molar-refractivity contribution in [2.45, 2.75) is 54.8 Å². The minimum absolute atomic E-state index is 0. The molecule has 0 spiro atoms. The third-order valence-corrected chi connectivity index (χ3v) is 12.6. The first kappa shape index (κ1) is 66.0. The molecule has 0 saturated heterocycles. The molecule has 0 heterocycles. The van der Waals surface area contributed by atoms with Gasteiger partial charge in [-0.05, 0) is 89.8 Å². The Kier molecular flexibility index (Phi) is 31.9. The van der Waals surface area contributed by atoms with Crippen LogP contribution < -0.4 is 105 Å². The van der Waals surface area contributed by atoms with E-state index in [1.54, 1.807) is 0 Å². The quantitative estimate of drug-likeness (QED) is 0.0561. The largest absolute Gasteiger partial charge is 3.00 e. The van der Waals surface area contributed by atoms with E-state index in [4.69, 9.17) is 17.6 Å². The van der Waals surface area contributed by atoms with E-state index in [-0.39, 0.29) is 132 Å². The van der Waals surface area contributed by atoms with Crippen molar-refractivity contribution in [3.8, 4) is 0 Å². The summed E-state index contributed by atoms with van der Waals surface area (Å²) in [6.07, 6.45) is 0. The SMILES string of the molecule is C[C]1[C](C)[C](C)[C](C)[C]1C.O=S(=O)([O-])C(F)(F)F.O=S(=O)([O-])c1cccc(P(c2cccc(S(=O)(=O)[O-])c2)c2cccc(S(=O)(=O)[O-])c2)c1.[C-]#[O+].[CH3-].[Ir+3].[Na+].[Na+].[Na+]. The zero-order valence-corrected chi connectivity index (χ0v) is 43.8. The molecule has 3 aromatic carbocycles. The summed E-state index contributed by atoms with van der Waals surface area (Å²) in [4.78, 5) is -1.63. The first-order valence-corrected chi connectivity index (χ1v) is 20.4. The molecule has 0 unspecified atom stereocenters. The number of benzene rings is 3. The van der Waals surface area contributed by atoms with Crippen LogP contribution >= 0.6 is 7.92 Å². The van der Waals surface area contributed by atoms with Crippen LogP contribution in [0.2, 0.25) is 0 Å². The monoisotopic (exact) mass is 1090 g/mol. The van der Waals surface area contributed by atoms with Crippen molar-refractivity contribution in [3.63, 3.8) is 0 Å². The predicted molar refractivity (Wildman–Crippen MR) is 180 cm³/mol. The van der Waals surface area contributed by atoms with Gasteiger partial charge in [0.05, 0.1) is 14.7 Å². The summed E-state index contributed by atoms with van der Waals surface area (Å²) >= 11 is 0. The molecule has 13 nitrogen and oxygen atoms in total. The van der Waals surface area contributed by atoms with Crippen molar-refractivity contribution >= 4 is 64.3 Å². The summed E-state index contributed by atoms with van der Waals surface area (Å²) in [6.45, 7) is 15.5. The van der Waals surface area contributed by atoms with Gasteiger partial charge in [-0.25, -0.2) is 33.7 Å². The van der Waals surface area contributed by atoms with Crippen LogP contribution in [0.3, 0.4) is 0 Å². The first-order valence-electron chi connectivity index (χ1n) is 13.5. The smallest absolute Gasteiger partial charge is 0.358 e. The molecule has 1 aliphatic carbocycles. The standard InChI is InChI=1S/C18H15O9PS3.C10H15.CHF3O3S.CO.CH3.Ir.3Na/c19-29(20,21)16-7-1-4-13(10-16)28(14-5-2-8-17(11-14)30(22,23)24)15-6-3-9-18(12-15)31(25,26)27;1-6-7(2)9(4)10(5)8(6)3;2-1(3,4)8(5,6)7;1-2;;;;;/h1-12H,(H,19,20,21)(H,22,23,24)(H,25,26,27);1-5H3;(H,5,6,7);;1H3;;;;/q;;;;-1;+3;3*+1/p-4. The summed E-state index contributed by atoms with van der Waals surface area (Å²) in [5.41, 5.74) is -5.65. The van der Waals surface area contributed by atoms with Crippen molar-refractivity contribution in [2.24, 2.45) is 0 Å². The van der Waals surface area contributed by atoms with Gasteiger partial charge in [0, 0.05) is 0 Å². The van der Waals surface area contributed by atoms with Gasteiger partial charge in [-0.2, -0.15) is 13.2 Å². The molecule has 0 aliphatic heterocycles. The van der Waals surface area contributed by atoms with Gasteiger partial charge in [-0.15, -0.1) is 0 Å². The molecule has 1 fully saturated rings. The Labute approximate surface area is 408 Å². The van der Waals surface area contributed by atoms with Gasteiger partial charge >= 0.3 is 126 Å². The zero-order valence-electron chi connectivity index (χ0n) is 31.3. The average molecular weight is 1090 g/mol. The topological polar surface area (TPSA) is 249 Å². The van der Waals surface area contributed by atoms with Crippen LogP contribution in [0.1, 0.15) is 34.6 Å². The van der Waals surface area contributed by atoms with Crippen molar-refractivity contribution < 1.29 is 178 Å². The van der Waals surface area contributed by atoms with Gasteiger partial charge < -0.3 is 25.6 Å². The van der Waals surface area contributed by atoms with Gasteiger partial charge in [0.25, 0.3) is 0 Å². The van der Waals surface area contributed by atoms with Crippen molar-refractivity contribution in [1.29, 1.82) is 0 Å². The van der Waals surface area contributed by atoms with Gasteiger partial charge in [0.2, 0.25) is 0 Å². The summed E-state index contributed by atoms with van der Waals surface area (Å²) in [5.74, 6) is 7.34. The van der Waals surface area contributed by atoms with E-state index < -0.39 is 68.6 Å². The molecular weight excluding hydrogens is 1060 g/mol. The molecule has 293 valence electrons. The van der Waals surface area contributed by atoms with Gasteiger partial charge in [-0.3, -0.25) is 0 Å².